The predicted octanol–water partition coefficient (Wildman–Crippen LogP) is -0.175. The highest BCUT2D eigenvalue weighted by molar-refractivity contribution is 5.77. The number of carbonyl (C=O) groups excluding carboxylic acids is 1. The molecule has 0 saturated heterocycles. The molecule has 1 aliphatic carbocycles. The van der Waals surface area contributed by atoms with Crippen LogP contribution in [0.15, 0.2) is 0 Å². The van der Waals surface area contributed by atoms with Gasteiger partial charge in [0.1, 0.15) is 0 Å². The fourth-order valence-corrected chi connectivity index (χ4v) is 1.38. The molecule has 0 unspecified atom stereocenters. The van der Waals surface area contributed by atoms with E-state index in [1.54, 1.807) is 0 Å². The average molecular weight is 159 g/mol. The molecule has 0 aliphatic heterocycles. The van der Waals surface area contributed by atoms with Crippen LogP contribution in [-0.4, -0.2) is 24.2 Å². The third-order valence-corrected chi connectivity index (χ3v) is 1.98. The normalized spacial score (nSPS) is 30.4. The maximum Gasteiger partial charge on any atom is 0.246 e. The van der Waals surface area contributed by atoms with Gasteiger partial charge in [0.2, 0.25) is 5.91 Å². The summed E-state index contributed by atoms with van der Waals surface area (Å²) in [7, 11) is 1.41. The van der Waals surface area contributed by atoms with Gasteiger partial charge >= 0.3 is 0 Å². The maximum absolute atomic E-state index is 11.0. The van der Waals surface area contributed by atoms with Crippen molar-refractivity contribution >= 4 is 5.91 Å². The summed E-state index contributed by atoms with van der Waals surface area (Å²) in [5.41, 5.74) is 2.26. The van der Waals surface area contributed by atoms with E-state index in [0.29, 0.717) is 6.42 Å². The summed E-state index contributed by atoms with van der Waals surface area (Å²) in [6, 6.07) is 0. The van der Waals surface area contributed by atoms with Crippen molar-refractivity contribution in [1.82, 2.24) is 5.48 Å². The van der Waals surface area contributed by atoms with Crippen LogP contribution < -0.4 is 5.48 Å². The van der Waals surface area contributed by atoms with Gasteiger partial charge in [0, 0.05) is 5.92 Å². The first-order valence-electron chi connectivity index (χ1n) is 3.75. The summed E-state index contributed by atoms with van der Waals surface area (Å²) < 4.78 is 0. The molecule has 0 aromatic rings. The number of aliphatic hydroxyl groups is 1. The molecule has 2 atom stereocenters. The summed E-state index contributed by atoms with van der Waals surface area (Å²) in [6.45, 7) is 0. The smallest absolute Gasteiger partial charge is 0.246 e. The highest BCUT2D eigenvalue weighted by Gasteiger charge is 2.28. The molecule has 11 heavy (non-hydrogen) atoms. The van der Waals surface area contributed by atoms with E-state index in [4.69, 9.17) is 5.11 Å². The predicted molar refractivity (Wildman–Crippen MR) is 38.5 cm³/mol. The van der Waals surface area contributed by atoms with Gasteiger partial charge in [-0.2, -0.15) is 0 Å². The SMILES string of the molecule is CONC(=O)[C@@H]1CC[C@@H](O)C1. The zero-order valence-electron chi connectivity index (χ0n) is 6.54. The fraction of sp³-hybridized carbons (Fsp3) is 0.857. The molecule has 1 saturated carbocycles. The van der Waals surface area contributed by atoms with Crippen molar-refractivity contribution in [1.29, 1.82) is 0 Å². The number of amides is 1. The lowest BCUT2D eigenvalue weighted by Crippen LogP contribution is -2.28. The van der Waals surface area contributed by atoms with Crippen molar-refractivity contribution in [3.63, 3.8) is 0 Å². The van der Waals surface area contributed by atoms with E-state index in [1.807, 2.05) is 0 Å². The minimum absolute atomic E-state index is 0.0649. The number of hydrogen-bond acceptors (Lipinski definition) is 3. The van der Waals surface area contributed by atoms with Gasteiger partial charge in [-0.05, 0) is 19.3 Å². The van der Waals surface area contributed by atoms with E-state index in [9.17, 15) is 4.79 Å². The Morgan fingerprint density at radius 2 is 2.36 bits per heavy atom. The highest BCUT2D eigenvalue weighted by Crippen LogP contribution is 2.25. The number of hydroxylamine groups is 1. The van der Waals surface area contributed by atoms with E-state index in [-0.39, 0.29) is 17.9 Å². The molecule has 0 bridgehead atoms. The summed E-state index contributed by atoms with van der Waals surface area (Å²) in [5.74, 6) is -0.186. The Balaban J connectivity index is 2.31. The lowest BCUT2D eigenvalue weighted by Gasteiger charge is -2.07. The lowest BCUT2D eigenvalue weighted by molar-refractivity contribution is -0.135. The fourth-order valence-electron chi connectivity index (χ4n) is 1.38. The first-order chi connectivity index (χ1) is 5.24. The molecule has 0 spiro atoms. The van der Waals surface area contributed by atoms with E-state index in [2.05, 4.69) is 10.3 Å². The minimum Gasteiger partial charge on any atom is -0.393 e. The van der Waals surface area contributed by atoms with Gasteiger partial charge in [-0.15, -0.1) is 0 Å². The maximum atomic E-state index is 11.0. The van der Waals surface area contributed by atoms with Gasteiger partial charge in [0.05, 0.1) is 13.2 Å². The second-order valence-corrected chi connectivity index (χ2v) is 2.83. The van der Waals surface area contributed by atoms with E-state index in [1.165, 1.54) is 7.11 Å². The largest absolute Gasteiger partial charge is 0.393 e. The Hall–Kier alpha value is -0.610. The van der Waals surface area contributed by atoms with Crippen molar-refractivity contribution in [2.75, 3.05) is 7.11 Å². The van der Waals surface area contributed by atoms with Crippen molar-refractivity contribution in [2.45, 2.75) is 25.4 Å². The minimum atomic E-state index is -0.303. The third kappa shape index (κ3) is 2.17. The quantitative estimate of drug-likeness (QED) is 0.550. The van der Waals surface area contributed by atoms with Gasteiger partial charge < -0.3 is 5.11 Å². The second-order valence-electron chi connectivity index (χ2n) is 2.83. The van der Waals surface area contributed by atoms with Crippen LogP contribution in [0, 0.1) is 5.92 Å². The molecular formula is C7H13NO3. The zero-order chi connectivity index (χ0) is 8.27. The third-order valence-electron chi connectivity index (χ3n) is 1.98. The molecule has 64 valence electrons. The monoisotopic (exact) mass is 159 g/mol. The number of carbonyl (C=O) groups is 1. The molecule has 0 heterocycles. The summed E-state index contributed by atoms with van der Waals surface area (Å²) >= 11 is 0. The average Bonchev–Trinajstić information content (AvgIpc) is 2.36. The van der Waals surface area contributed by atoms with Crippen molar-refractivity contribution in [3.05, 3.63) is 0 Å². The molecular weight excluding hydrogens is 146 g/mol. The number of hydrogen-bond donors (Lipinski definition) is 2. The van der Waals surface area contributed by atoms with Crippen LogP contribution >= 0.6 is 0 Å². The molecule has 1 amide bonds. The molecule has 0 aromatic heterocycles. The topological polar surface area (TPSA) is 58.6 Å². The van der Waals surface area contributed by atoms with Crippen LogP contribution in [0.2, 0.25) is 0 Å². The summed E-state index contributed by atoms with van der Waals surface area (Å²) in [6.07, 6.45) is 1.75. The Kier molecular flexibility index (Phi) is 2.84. The Bertz CT molecular complexity index is 149. The van der Waals surface area contributed by atoms with Crippen LogP contribution in [-0.2, 0) is 9.63 Å². The van der Waals surface area contributed by atoms with Crippen LogP contribution in [0.3, 0.4) is 0 Å². The van der Waals surface area contributed by atoms with Crippen LogP contribution in [0.5, 0.6) is 0 Å². The van der Waals surface area contributed by atoms with Crippen molar-refractivity contribution in [3.8, 4) is 0 Å². The molecule has 1 rings (SSSR count). The standard InChI is InChI=1S/C7H13NO3/c1-11-8-7(10)5-2-3-6(9)4-5/h5-6,9H,2-4H2,1H3,(H,8,10)/t5-,6-/m1/s1. The molecule has 0 aromatic carbocycles. The Labute approximate surface area is 65.5 Å². The van der Waals surface area contributed by atoms with E-state index < -0.39 is 0 Å². The van der Waals surface area contributed by atoms with Crippen LogP contribution in [0.25, 0.3) is 0 Å². The summed E-state index contributed by atoms with van der Waals surface area (Å²) in [5, 5.41) is 9.10. The van der Waals surface area contributed by atoms with Crippen LogP contribution in [0.4, 0.5) is 0 Å². The molecule has 4 nitrogen and oxygen atoms in total. The zero-order valence-corrected chi connectivity index (χ0v) is 6.54. The second kappa shape index (κ2) is 3.69. The molecule has 2 N–H and O–H groups in total. The number of nitrogens with one attached hydrogen (secondary N) is 1. The van der Waals surface area contributed by atoms with Gasteiger partial charge in [-0.3, -0.25) is 9.63 Å². The van der Waals surface area contributed by atoms with Gasteiger partial charge in [-0.25, -0.2) is 5.48 Å². The van der Waals surface area contributed by atoms with Crippen molar-refractivity contribution in [2.24, 2.45) is 5.92 Å². The lowest BCUT2D eigenvalue weighted by atomic mass is 10.1. The number of aliphatic hydroxyl groups excluding tert-OH is 1. The van der Waals surface area contributed by atoms with Gasteiger partial charge in [0.25, 0.3) is 0 Å². The highest BCUT2D eigenvalue weighted by atomic mass is 16.6. The van der Waals surface area contributed by atoms with Crippen molar-refractivity contribution < 1.29 is 14.7 Å². The first kappa shape index (κ1) is 8.49. The number of rotatable bonds is 2. The molecule has 1 aliphatic rings. The molecule has 1 fully saturated rings. The summed E-state index contributed by atoms with van der Waals surface area (Å²) in [4.78, 5) is 15.5. The molecule has 0 radical (unpaired) electrons. The van der Waals surface area contributed by atoms with Gasteiger partial charge in [-0.1, -0.05) is 0 Å². The molecule has 4 heteroatoms. The van der Waals surface area contributed by atoms with Gasteiger partial charge in [0.15, 0.2) is 0 Å². The van der Waals surface area contributed by atoms with E-state index >= 15 is 0 Å². The van der Waals surface area contributed by atoms with Crippen LogP contribution in [0.1, 0.15) is 19.3 Å². The van der Waals surface area contributed by atoms with E-state index in [0.717, 1.165) is 12.8 Å². The Morgan fingerprint density at radius 3 is 2.82 bits per heavy atom. The Morgan fingerprint density at radius 1 is 1.64 bits per heavy atom. The first-order valence-corrected chi connectivity index (χ1v) is 3.75.